The Balaban J connectivity index is 1.30. The minimum atomic E-state index is 1.18. The molecule has 0 saturated heterocycles. The molecule has 0 amide bonds. The molecular weight excluding hydrogens is 613 g/mol. The number of benzene rings is 7. The number of aromatic nitrogens is 2. The molecule has 0 unspecified atom stereocenters. The fourth-order valence-corrected chi connectivity index (χ4v) is 9.69. The quantitative estimate of drug-likeness (QED) is 0.192. The van der Waals surface area contributed by atoms with E-state index in [1.54, 1.807) is 0 Å². The Labute approximate surface area is 286 Å². The van der Waals surface area contributed by atoms with E-state index in [-0.39, 0.29) is 0 Å². The normalized spacial score (nSPS) is 12.1. The van der Waals surface area contributed by atoms with Crippen LogP contribution in [0.3, 0.4) is 0 Å². The summed E-state index contributed by atoms with van der Waals surface area (Å²) in [5.74, 6) is 0. The zero-order valence-corrected chi connectivity index (χ0v) is 27.1. The topological polar surface area (TPSA) is 25.8 Å². The summed E-state index contributed by atoms with van der Waals surface area (Å²) in [6, 6.07) is 49.3. The van der Waals surface area contributed by atoms with E-state index >= 15 is 0 Å². The van der Waals surface area contributed by atoms with Gasteiger partial charge in [0.25, 0.3) is 0 Å². The van der Waals surface area contributed by atoms with Gasteiger partial charge in [-0.15, -0.1) is 11.3 Å². The molecule has 0 aliphatic heterocycles. The SMILES string of the molecule is c1ccc2c(c1)cc(-c1ccc3c4c(cccc14)-c1c-3c(-c3ccncc3)c3ccccc3c1-c1ccncc1)c1sc3ccccc3c12. The second kappa shape index (κ2) is 10.2. The van der Waals surface area contributed by atoms with Gasteiger partial charge in [0.2, 0.25) is 0 Å². The summed E-state index contributed by atoms with van der Waals surface area (Å²) >= 11 is 1.91. The molecule has 0 saturated carbocycles. The van der Waals surface area contributed by atoms with Gasteiger partial charge in [-0.1, -0.05) is 97.1 Å². The van der Waals surface area contributed by atoms with Crippen molar-refractivity contribution in [3.05, 3.63) is 158 Å². The molecule has 3 aromatic heterocycles. The highest BCUT2D eigenvalue weighted by Crippen LogP contribution is 2.59. The van der Waals surface area contributed by atoms with Gasteiger partial charge in [0.05, 0.1) is 0 Å². The first kappa shape index (κ1) is 26.9. The number of hydrogen-bond donors (Lipinski definition) is 0. The van der Waals surface area contributed by atoms with Crippen molar-refractivity contribution >= 4 is 63.8 Å². The van der Waals surface area contributed by atoms with Crippen molar-refractivity contribution in [1.82, 2.24) is 9.97 Å². The molecule has 0 N–H and O–H groups in total. The molecule has 0 radical (unpaired) electrons. The van der Waals surface area contributed by atoms with E-state index in [2.05, 4.69) is 143 Å². The second-order valence-corrected chi connectivity index (χ2v) is 13.9. The van der Waals surface area contributed by atoms with Crippen molar-refractivity contribution in [3.8, 4) is 55.6 Å². The lowest BCUT2D eigenvalue weighted by atomic mass is 9.83. The molecule has 3 heteroatoms. The molecule has 11 rings (SSSR count). The van der Waals surface area contributed by atoms with Crippen LogP contribution in [0.4, 0.5) is 0 Å². The van der Waals surface area contributed by atoms with Crippen LogP contribution in [0.15, 0.2) is 158 Å². The molecule has 1 aliphatic rings. The van der Waals surface area contributed by atoms with Gasteiger partial charge in [0.1, 0.15) is 0 Å². The summed E-state index contributed by atoms with van der Waals surface area (Å²) in [7, 11) is 0. The first-order chi connectivity index (χ1) is 24.3. The molecule has 3 heterocycles. The average molecular weight is 639 g/mol. The third kappa shape index (κ3) is 3.71. The van der Waals surface area contributed by atoms with E-state index in [4.69, 9.17) is 0 Å². The lowest BCUT2D eigenvalue weighted by Gasteiger charge is -2.20. The molecule has 1 aliphatic carbocycles. The standard InChI is InChI=1S/C46H26N2S/c1-2-9-30-29(8-1)26-38(46-43(30)35-12-5-6-15-39(35)49-46)31-16-17-37-42-32(31)13-7-14-36(42)44-40(27-18-22-47-23-19-27)33-10-3-4-11-34(33)41(45(37)44)28-20-24-48-25-21-28/h1-26H. The van der Waals surface area contributed by atoms with Gasteiger partial charge < -0.3 is 0 Å². The van der Waals surface area contributed by atoms with E-state index in [0.717, 1.165) is 0 Å². The van der Waals surface area contributed by atoms with Gasteiger partial charge >= 0.3 is 0 Å². The van der Waals surface area contributed by atoms with Gasteiger partial charge in [0, 0.05) is 50.5 Å². The fourth-order valence-electron chi connectivity index (χ4n) is 8.45. The molecule has 0 spiro atoms. The largest absolute Gasteiger partial charge is 0.265 e. The van der Waals surface area contributed by atoms with Gasteiger partial charge in [-0.2, -0.15) is 0 Å². The summed E-state index contributed by atoms with van der Waals surface area (Å²) in [5.41, 5.74) is 12.6. The second-order valence-electron chi connectivity index (χ2n) is 12.9. The number of hydrogen-bond acceptors (Lipinski definition) is 3. The molecule has 0 fully saturated rings. The van der Waals surface area contributed by atoms with Crippen LogP contribution in [-0.2, 0) is 0 Å². The minimum Gasteiger partial charge on any atom is -0.265 e. The Morgan fingerprint density at radius 1 is 0.367 bits per heavy atom. The van der Waals surface area contributed by atoms with Crippen LogP contribution in [0, 0.1) is 0 Å². The zero-order chi connectivity index (χ0) is 32.1. The maximum atomic E-state index is 4.39. The van der Waals surface area contributed by atoms with E-state index in [1.165, 1.54) is 108 Å². The van der Waals surface area contributed by atoms with E-state index in [1.807, 2.05) is 36.1 Å². The molecule has 0 bridgehead atoms. The van der Waals surface area contributed by atoms with E-state index < -0.39 is 0 Å². The predicted molar refractivity (Wildman–Crippen MR) is 208 cm³/mol. The van der Waals surface area contributed by atoms with Crippen LogP contribution >= 0.6 is 11.3 Å². The number of fused-ring (bicyclic) bond motifs is 9. The smallest absolute Gasteiger partial charge is 0.0440 e. The van der Waals surface area contributed by atoms with E-state index in [9.17, 15) is 0 Å². The fraction of sp³-hybridized carbons (Fsp3) is 0. The number of nitrogens with zero attached hydrogens (tertiary/aromatic N) is 2. The molecule has 10 aromatic rings. The highest BCUT2D eigenvalue weighted by Gasteiger charge is 2.31. The van der Waals surface area contributed by atoms with Crippen molar-refractivity contribution < 1.29 is 0 Å². The van der Waals surface area contributed by atoms with Gasteiger partial charge in [-0.25, -0.2) is 0 Å². The highest BCUT2D eigenvalue weighted by atomic mass is 32.1. The van der Waals surface area contributed by atoms with Crippen LogP contribution < -0.4 is 0 Å². The molecule has 2 nitrogen and oxygen atoms in total. The summed E-state index contributed by atoms with van der Waals surface area (Å²) in [6.07, 6.45) is 7.63. The van der Waals surface area contributed by atoms with Crippen LogP contribution in [0.1, 0.15) is 0 Å². The summed E-state index contributed by atoms with van der Waals surface area (Å²) in [5, 5.41) is 10.3. The molecule has 0 atom stereocenters. The Hall–Kier alpha value is -6.16. The lowest BCUT2D eigenvalue weighted by molar-refractivity contribution is 1.33. The van der Waals surface area contributed by atoms with Crippen LogP contribution in [0.2, 0.25) is 0 Å². The first-order valence-electron chi connectivity index (χ1n) is 16.6. The maximum absolute atomic E-state index is 4.39. The minimum absolute atomic E-state index is 1.18. The average Bonchev–Trinajstić information content (AvgIpc) is 3.72. The van der Waals surface area contributed by atoms with Crippen molar-refractivity contribution in [2.45, 2.75) is 0 Å². The highest BCUT2D eigenvalue weighted by molar-refractivity contribution is 7.26. The van der Waals surface area contributed by atoms with Crippen LogP contribution in [0.5, 0.6) is 0 Å². The Morgan fingerprint density at radius 3 is 1.61 bits per heavy atom. The monoisotopic (exact) mass is 638 g/mol. The lowest BCUT2D eigenvalue weighted by Crippen LogP contribution is -1.93. The summed E-state index contributed by atoms with van der Waals surface area (Å²) in [6.45, 7) is 0. The van der Waals surface area contributed by atoms with Crippen LogP contribution in [-0.4, -0.2) is 9.97 Å². The molecule has 49 heavy (non-hydrogen) atoms. The van der Waals surface area contributed by atoms with Crippen molar-refractivity contribution in [1.29, 1.82) is 0 Å². The summed E-state index contributed by atoms with van der Waals surface area (Å²) < 4.78 is 2.67. The zero-order valence-electron chi connectivity index (χ0n) is 26.3. The first-order valence-corrected chi connectivity index (χ1v) is 17.5. The third-order valence-electron chi connectivity index (χ3n) is 10.4. The maximum Gasteiger partial charge on any atom is 0.0440 e. The molecule has 7 aromatic carbocycles. The Bertz CT molecular complexity index is 2890. The van der Waals surface area contributed by atoms with E-state index in [0.29, 0.717) is 0 Å². The van der Waals surface area contributed by atoms with Crippen molar-refractivity contribution in [2.24, 2.45) is 0 Å². The summed E-state index contributed by atoms with van der Waals surface area (Å²) in [4.78, 5) is 8.78. The predicted octanol–water partition coefficient (Wildman–Crippen LogP) is 13.0. The Kier molecular flexibility index (Phi) is 5.57. The van der Waals surface area contributed by atoms with Gasteiger partial charge in [-0.05, 0) is 119 Å². The number of pyridine rings is 2. The molecule has 226 valence electrons. The van der Waals surface area contributed by atoms with Crippen molar-refractivity contribution in [2.75, 3.05) is 0 Å². The third-order valence-corrected chi connectivity index (χ3v) is 11.6. The van der Waals surface area contributed by atoms with Crippen molar-refractivity contribution in [3.63, 3.8) is 0 Å². The van der Waals surface area contributed by atoms with Gasteiger partial charge in [0.15, 0.2) is 0 Å². The number of rotatable bonds is 3. The number of thiophene rings is 1. The van der Waals surface area contributed by atoms with Gasteiger partial charge in [-0.3, -0.25) is 9.97 Å². The van der Waals surface area contributed by atoms with Crippen LogP contribution in [0.25, 0.3) is 108 Å². The molecular formula is C46H26N2S. The Morgan fingerprint density at radius 2 is 0.918 bits per heavy atom.